The summed E-state index contributed by atoms with van der Waals surface area (Å²) in [7, 11) is 0. The van der Waals surface area contributed by atoms with Crippen molar-refractivity contribution in [3.05, 3.63) is 104 Å². The summed E-state index contributed by atoms with van der Waals surface area (Å²) in [6, 6.07) is 18.9. The summed E-state index contributed by atoms with van der Waals surface area (Å²) < 4.78 is 12.9. The number of pyridine rings is 1. The summed E-state index contributed by atoms with van der Waals surface area (Å²) in [4.78, 5) is 38.6. The number of nitrogens with zero attached hydrogens (tertiary/aromatic N) is 5. The van der Waals surface area contributed by atoms with Gasteiger partial charge in [-0.15, -0.1) is 0 Å². The second-order valence-corrected chi connectivity index (χ2v) is 12.5. The molecule has 3 aliphatic rings. The number of amides is 1. The average molecular weight is 632 g/mol. The summed E-state index contributed by atoms with van der Waals surface area (Å²) >= 11 is 13.1. The van der Waals surface area contributed by atoms with Crippen molar-refractivity contribution >= 4 is 63.3 Å². The first-order valence-corrected chi connectivity index (χ1v) is 15.4. The molecule has 0 spiro atoms. The monoisotopic (exact) mass is 631 g/mol. The fourth-order valence-electron chi connectivity index (χ4n) is 5.44. The number of anilines is 1. The first-order valence-electron chi connectivity index (χ1n) is 13.8. The van der Waals surface area contributed by atoms with Crippen LogP contribution in [0.5, 0.6) is 11.5 Å². The number of carbonyl (C=O) groups is 1. The lowest BCUT2D eigenvalue weighted by Gasteiger charge is -2.36. The number of carbonyl (C=O) groups excluding carboxylic acids is 1. The van der Waals surface area contributed by atoms with E-state index in [4.69, 9.17) is 38.3 Å². The molecule has 0 saturated carbocycles. The topological polar surface area (TPSA) is 79.6 Å². The molecule has 2 aromatic carbocycles. The summed E-state index contributed by atoms with van der Waals surface area (Å²) in [6.07, 6.45) is 3.34. The van der Waals surface area contributed by atoms with Gasteiger partial charge in [-0.25, -0.2) is 4.98 Å². The smallest absolute Gasteiger partial charge is 0.267 e. The number of thiocarbonyl (C=S) groups is 1. The number of benzene rings is 2. The molecule has 218 valence electrons. The lowest BCUT2D eigenvalue weighted by Crippen LogP contribution is -2.47. The zero-order valence-electron chi connectivity index (χ0n) is 22.9. The van der Waals surface area contributed by atoms with Gasteiger partial charge in [-0.05, 0) is 47.5 Å². The van der Waals surface area contributed by atoms with E-state index >= 15 is 0 Å². The predicted octanol–water partition coefficient (Wildman–Crippen LogP) is 4.80. The molecule has 3 aliphatic heterocycles. The van der Waals surface area contributed by atoms with Gasteiger partial charge in [0.2, 0.25) is 6.79 Å². The number of rotatable bonds is 6. The number of hydrogen-bond acceptors (Lipinski definition) is 9. The molecule has 0 N–H and O–H groups in total. The molecular formula is C31H26ClN5O4S2. The lowest BCUT2D eigenvalue weighted by molar-refractivity contribution is -0.122. The van der Waals surface area contributed by atoms with Crippen LogP contribution in [-0.4, -0.2) is 62.4 Å². The average Bonchev–Trinajstić information content (AvgIpc) is 3.59. The highest BCUT2D eigenvalue weighted by molar-refractivity contribution is 8.26. The summed E-state index contributed by atoms with van der Waals surface area (Å²) in [5.41, 5.74) is 2.63. The fourth-order valence-corrected chi connectivity index (χ4v) is 6.87. The molecule has 2 aromatic heterocycles. The molecule has 4 aromatic rings. The van der Waals surface area contributed by atoms with Crippen LogP contribution >= 0.6 is 35.6 Å². The van der Waals surface area contributed by atoms with Crippen LogP contribution in [0.2, 0.25) is 5.02 Å². The van der Waals surface area contributed by atoms with E-state index in [0.717, 1.165) is 42.3 Å². The van der Waals surface area contributed by atoms with Gasteiger partial charge in [0.05, 0.1) is 17.0 Å². The van der Waals surface area contributed by atoms with Crippen molar-refractivity contribution in [2.24, 2.45) is 0 Å². The first-order chi connectivity index (χ1) is 20.9. The van der Waals surface area contributed by atoms with Crippen molar-refractivity contribution in [2.75, 3.05) is 37.9 Å². The maximum absolute atomic E-state index is 13.8. The van der Waals surface area contributed by atoms with E-state index in [2.05, 4.69) is 15.9 Å². The maximum atomic E-state index is 13.8. The van der Waals surface area contributed by atoms with Crippen molar-refractivity contribution in [1.82, 2.24) is 19.2 Å². The van der Waals surface area contributed by atoms with E-state index < -0.39 is 0 Å². The molecular weight excluding hydrogens is 606 g/mol. The van der Waals surface area contributed by atoms with Crippen LogP contribution in [0.4, 0.5) is 5.82 Å². The molecule has 43 heavy (non-hydrogen) atoms. The Kier molecular flexibility index (Phi) is 7.56. The van der Waals surface area contributed by atoms with Gasteiger partial charge >= 0.3 is 0 Å². The number of thioether (sulfide) groups is 1. The summed E-state index contributed by atoms with van der Waals surface area (Å²) in [6.45, 7) is 4.20. The number of piperazine rings is 1. The Labute approximate surface area is 262 Å². The Balaban J connectivity index is 1.15. The van der Waals surface area contributed by atoms with Gasteiger partial charge in [-0.3, -0.25) is 23.8 Å². The van der Waals surface area contributed by atoms with Crippen molar-refractivity contribution in [3.8, 4) is 11.5 Å². The Morgan fingerprint density at radius 3 is 2.58 bits per heavy atom. The van der Waals surface area contributed by atoms with Crippen LogP contribution in [0, 0.1) is 0 Å². The van der Waals surface area contributed by atoms with Gasteiger partial charge in [-0.1, -0.05) is 65.9 Å². The molecule has 0 atom stereocenters. The zero-order chi connectivity index (χ0) is 29.5. The first kappa shape index (κ1) is 27.9. The van der Waals surface area contributed by atoms with Gasteiger partial charge in [0.25, 0.3) is 11.5 Å². The van der Waals surface area contributed by atoms with Crippen molar-refractivity contribution < 1.29 is 14.3 Å². The molecule has 0 aliphatic carbocycles. The van der Waals surface area contributed by atoms with Crippen LogP contribution in [0.1, 0.15) is 16.7 Å². The zero-order valence-corrected chi connectivity index (χ0v) is 25.3. The van der Waals surface area contributed by atoms with E-state index in [0.29, 0.717) is 44.4 Å². The molecule has 0 radical (unpaired) electrons. The Bertz CT molecular complexity index is 1850. The molecule has 2 saturated heterocycles. The Morgan fingerprint density at radius 1 is 0.953 bits per heavy atom. The SMILES string of the molecule is O=C1/C(=C\c2c(N3CCN(Cc4ccc5c(c4)OCO5)CC3)nc3ccccn3c2=O)SC(=S)N1Cc1ccccc1Cl. The number of hydrogen-bond donors (Lipinski definition) is 0. The fraction of sp³-hybridized carbons (Fsp3) is 0.226. The minimum Gasteiger partial charge on any atom is -0.454 e. The van der Waals surface area contributed by atoms with E-state index in [9.17, 15) is 9.59 Å². The third kappa shape index (κ3) is 5.49. The number of halogens is 1. The van der Waals surface area contributed by atoms with E-state index in [1.165, 1.54) is 21.1 Å². The van der Waals surface area contributed by atoms with Gasteiger partial charge in [-0.2, -0.15) is 0 Å². The normalized spacial score (nSPS) is 17.9. The molecule has 7 rings (SSSR count). The predicted molar refractivity (Wildman–Crippen MR) is 172 cm³/mol. The second kappa shape index (κ2) is 11.6. The quantitative estimate of drug-likeness (QED) is 0.220. The highest BCUT2D eigenvalue weighted by Gasteiger charge is 2.33. The standard InChI is InChI=1S/C31H26ClN5O4S2/c32-23-6-2-1-5-21(23)18-37-30(39)26(43-31(37)42)16-22-28(33-27-7-3-4-10-36(27)29(22)38)35-13-11-34(12-14-35)17-20-8-9-24-25(15-20)41-19-40-24/h1-10,15-16H,11-14,17-19H2/b26-16+. The highest BCUT2D eigenvalue weighted by Crippen LogP contribution is 2.36. The van der Waals surface area contributed by atoms with Crippen molar-refractivity contribution in [2.45, 2.75) is 13.1 Å². The third-order valence-corrected chi connectivity index (χ3v) is 9.45. The van der Waals surface area contributed by atoms with Crippen LogP contribution in [0.15, 0.2) is 76.6 Å². The number of aromatic nitrogens is 2. The van der Waals surface area contributed by atoms with E-state index in [1.807, 2.05) is 42.5 Å². The van der Waals surface area contributed by atoms with E-state index in [-0.39, 0.29) is 24.8 Å². The third-order valence-electron chi connectivity index (χ3n) is 7.70. The maximum Gasteiger partial charge on any atom is 0.267 e. The van der Waals surface area contributed by atoms with Crippen LogP contribution in [0.25, 0.3) is 11.7 Å². The van der Waals surface area contributed by atoms with Gasteiger partial charge < -0.3 is 14.4 Å². The largest absolute Gasteiger partial charge is 0.454 e. The van der Waals surface area contributed by atoms with Crippen LogP contribution in [-0.2, 0) is 17.9 Å². The van der Waals surface area contributed by atoms with Crippen molar-refractivity contribution in [1.29, 1.82) is 0 Å². The second-order valence-electron chi connectivity index (χ2n) is 10.4. The van der Waals surface area contributed by atoms with Gasteiger partial charge in [0, 0.05) is 43.9 Å². The molecule has 1 amide bonds. The molecule has 12 heteroatoms. The van der Waals surface area contributed by atoms with Crippen LogP contribution < -0.4 is 19.9 Å². The van der Waals surface area contributed by atoms with Gasteiger partial charge in [0.1, 0.15) is 15.8 Å². The minimum absolute atomic E-state index is 0.236. The Morgan fingerprint density at radius 2 is 1.74 bits per heavy atom. The molecule has 9 nitrogen and oxygen atoms in total. The van der Waals surface area contributed by atoms with E-state index in [1.54, 1.807) is 24.4 Å². The van der Waals surface area contributed by atoms with Gasteiger partial charge in [0.15, 0.2) is 11.5 Å². The highest BCUT2D eigenvalue weighted by atomic mass is 35.5. The molecule has 0 bridgehead atoms. The lowest BCUT2D eigenvalue weighted by atomic mass is 10.1. The summed E-state index contributed by atoms with van der Waals surface area (Å²) in [5, 5.41) is 0.567. The minimum atomic E-state index is -0.257. The molecule has 2 fully saturated rings. The summed E-state index contributed by atoms with van der Waals surface area (Å²) in [5.74, 6) is 1.86. The molecule has 5 heterocycles. The van der Waals surface area contributed by atoms with Crippen molar-refractivity contribution in [3.63, 3.8) is 0 Å². The van der Waals surface area contributed by atoms with Crippen LogP contribution in [0.3, 0.4) is 0 Å². The Hall–Kier alpha value is -3.90. The molecule has 0 unspecified atom stereocenters. The number of ether oxygens (including phenoxy) is 2. The number of fused-ring (bicyclic) bond motifs is 2.